The van der Waals surface area contributed by atoms with Crippen LogP contribution in [-0.2, 0) is 29.1 Å². The summed E-state index contributed by atoms with van der Waals surface area (Å²) in [5, 5.41) is 3.04. The number of benzene rings is 1. The number of aliphatic imine (C=N–C) groups is 1. The molecule has 3 aliphatic rings. The van der Waals surface area contributed by atoms with E-state index in [0.29, 0.717) is 24.1 Å². The number of rotatable bonds is 8. The lowest BCUT2D eigenvalue weighted by atomic mass is 9.75. The van der Waals surface area contributed by atoms with Crippen LogP contribution >= 0.6 is 11.8 Å². The predicted octanol–water partition coefficient (Wildman–Crippen LogP) is 5.50. The van der Waals surface area contributed by atoms with E-state index in [2.05, 4.69) is 25.0 Å². The van der Waals surface area contributed by atoms with Gasteiger partial charge in [-0.05, 0) is 79.4 Å². The van der Waals surface area contributed by atoms with Crippen molar-refractivity contribution in [3.05, 3.63) is 29.6 Å². The lowest BCUT2D eigenvalue weighted by Gasteiger charge is -2.37. The van der Waals surface area contributed by atoms with Gasteiger partial charge in [-0.2, -0.15) is 0 Å². The van der Waals surface area contributed by atoms with Crippen molar-refractivity contribution in [1.82, 2.24) is 10.2 Å². The van der Waals surface area contributed by atoms with E-state index in [9.17, 15) is 9.59 Å². The largest absolute Gasteiger partial charge is 0.494 e. The van der Waals surface area contributed by atoms with Crippen molar-refractivity contribution < 1.29 is 32.8 Å². The van der Waals surface area contributed by atoms with E-state index in [1.807, 2.05) is 34.6 Å². The summed E-state index contributed by atoms with van der Waals surface area (Å²) in [6, 6.07) is 5.69. The first-order valence-corrected chi connectivity index (χ1v) is 19.8. The van der Waals surface area contributed by atoms with Crippen molar-refractivity contribution in [1.29, 1.82) is 0 Å². The Kier molecular flexibility index (Phi) is 9.29. The Balaban J connectivity index is 1.78. The molecule has 2 fully saturated rings. The van der Waals surface area contributed by atoms with Gasteiger partial charge in [0.1, 0.15) is 22.9 Å². The second-order valence-corrected chi connectivity index (χ2v) is 22.4. The molecular weight excluding hydrogens is 600 g/mol. The van der Waals surface area contributed by atoms with Crippen LogP contribution in [0.3, 0.4) is 0 Å². The Morgan fingerprint density at radius 2 is 1.77 bits per heavy atom. The van der Waals surface area contributed by atoms with Crippen LogP contribution in [0, 0.1) is 11.7 Å². The van der Waals surface area contributed by atoms with Crippen molar-refractivity contribution in [3.63, 3.8) is 0 Å². The monoisotopic (exact) mass is 649 g/mol. The fourth-order valence-corrected chi connectivity index (χ4v) is 7.81. The van der Waals surface area contributed by atoms with E-state index in [0.717, 1.165) is 6.04 Å². The fraction of sp³-hybridized carbons (Fsp3) is 0.710. The zero-order chi connectivity index (χ0) is 33.1. The van der Waals surface area contributed by atoms with Crippen LogP contribution in [-0.4, -0.2) is 79.2 Å². The third kappa shape index (κ3) is 6.91. The molecule has 1 aromatic carbocycles. The molecule has 0 bridgehead atoms. The van der Waals surface area contributed by atoms with E-state index in [1.54, 1.807) is 40.0 Å². The van der Waals surface area contributed by atoms with Crippen LogP contribution in [0.4, 0.5) is 9.18 Å². The van der Waals surface area contributed by atoms with E-state index in [1.165, 1.54) is 22.7 Å². The van der Waals surface area contributed by atoms with Gasteiger partial charge in [0, 0.05) is 33.2 Å². The highest BCUT2D eigenvalue weighted by Gasteiger charge is 2.71. The van der Waals surface area contributed by atoms with Gasteiger partial charge in [0.2, 0.25) is 5.91 Å². The van der Waals surface area contributed by atoms with E-state index in [-0.39, 0.29) is 23.7 Å². The smallest absolute Gasteiger partial charge is 0.443 e. The number of hydrogen-bond acceptors (Lipinski definition) is 8. The first kappa shape index (κ1) is 34.9. The summed E-state index contributed by atoms with van der Waals surface area (Å²) in [5.74, 6) is -0.979. The number of halogens is 1. The Bertz CT molecular complexity index is 1320. The molecule has 1 aromatic rings. The Labute approximate surface area is 267 Å². The third-order valence-electron chi connectivity index (χ3n) is 8.92. The summed E-state index contributed by atoms with van der Waals surface area (Å²) in [7, 11) is -0.509. The molecule has 1 saturated carbocycles. The number of ether oxygens (including phenoxy) is 2. The molecule has 9 nitrogen and oxygen atoms in total. The minimum absolute atomic E-state index is 0.105. The molecule has 1 saturated heterocycles. The number of thioether (sulfide) groups is 1. The first-order chi connectivity index (χ1) is 20.1. The maximum Gasteiger partial charge on any atom is 0.494 e. The Hall–Kier alpha value is -1.93. The molecule has 13 heteroatoms. The van der Waals surface area contributed by atoms with Crippen LogP contribution in [0.25, 0.3) is 0 Å². The highest BCUT2D eigenvalue weighted by molar-refractivity contribution is 8.16. The van der Waals surface area contributed by atoms with E-state index in [4.69, 9.17) is 23.8 Å². The van der Waals surface area contributed by atoms with Gasteiger partial charge in [0.25, 0.3) is 0 Å². The van der Waals surface area contributed by atoms with E-state index >= 15 is 4.39 Å². The molecule has 244 valence electrons. The maximum atomic E-state index is 15.9. The molecule has 2 heterocycles. The van der Waals surface area contributed by atoms with Crippen molar-refractivity contribution in [3.8, 4) is 0 Å². The van der Waals surface area contributed by atoms with Crippen LogP contribution < -0.4 is 10.8 Å². The second kappa shape index (κ2) is 11.7. The number of hydrogen-bond donors (Lipinski definition) is 1. The van der Waals surface area contributed by atoms with Gasteiger partial charge in [-0.3, -0.25) is 9.79 Å². The molecule has 3 atom stereocenters. The van der Waals surface area contributed by atoms with E-state index < -0.39 is 54.2 Å². The maximum absolute atomic E-state index is 15.9. The highest BCUT2D eigenvalue weighted by atomic mass is 32.2. The molecule has 0 spiro atoms. The lowest BCUT2D eigenvalue weighted by Crippen LogP contribution is -2.48. The Morgan fingerprint density at radius 1 is 1.16 bits per heavy atom. The van der Waals surface area contributed by atoms with Crippen molar-refractivity contribution in [2.24, 2.45) is 10.9 Å². The van der Waals surface area contributed by atoms with Gasteiger partial charge in [-0.1, -0.05) is 43.5 Å². The summed E-state index contributed by atoms with van der Waals surface area (Å²) in [6.45, 7) is 22.2. The number of nitrogens with one attached hydrogen (secondary N) is 1. The second-order valence-electron chi connectivity index (χ2n) is 15.5. The number of nitrogens with zero attached hydrogens (tertiary/aromatic N) is 2. The van der Waals surface area contributed by atoms with Crippen molar-refractivity contribution in [2.75, 3.05) is 20.4 Å². The average Bonchev–Trinajstić information content (AvgIpc) is 3.58. The summed E-state index contributed by atoms with van der Waals surface area (Å²) >= 11 is 1.22. The number of amides is 2. The van der Waals surface area contributed by atoms with Gasteiger partial charge in [0.05, 0.1) is 16.7 Å². The minimum Gasteiger partial charge on any atom is -0.443 e. The average molecular weight is 650 g/mol. The number of fused-ring (bicyclic) bond motifs is 1. The Morgan fingerprint density at radius 3 is 2.32 bits per heavy atom. The van der Waals surface area contributed by atoms with Crippen molar-refractivity contribution >= 4 is 49.6 Å². The lowest BCUT2D eigenvalue weighted by molar-refractivity contribution is -0.121. The summed E-state index contributed by atoms with van der Waals surface area (Å²) < 4.78 is 39.2. The molecule has 0 aromatic heterocycles. The molecule has 4 rings (SSSR count). The predicted molar refractivity (Wildman–Crippen MR) is 176 cm³/mol. The van der Waals surface area contributed by atoms with Gasteiger partial charge >= 0.3 is 13.2 Å². The first-order valence-electron chi connectivity index (χ1n) is 15.3. The molecule has 1 aliphatic carbocycles. The summed E-state index contributed by atoms with van der Waals surface area (Å²) in [4.78, 5) is 33.4. The molecular formula is C31H49BFN3O6SSi. The zero-order valence-corrected chi connectivity index (χ0v) is 30.2. The summed E-state index contributed by atoms with van der Waals surface area (Å²) in [6.07, 6.45) is -0.184. The molecule has 2 aliphatic heterocycles. The van der Waals surface area contributed by atoms with Crippen molar-refractivity contribution in [2.45, 2.75) is 115 Å². The normalized spacial score (nSPS) is 27.3. The van der Waals surface area contributed by atoms with Gasteiger partial charge in [-0.15, -0.1) is 0 Å². The highest BCUT2D eigenvalue weighted by Crippen LogP contribution is 2.66. The minimum atomic E-state index is -1.39. The van der Waals surface area contributed by atoms with Crippen LogP contribution in [0.2, 0.25) is 25.7 Å². The third-order valence-corrected chi connectivity index (χ3v) is 12.1. The SMILES string of the molecule is CNC(=O)[C@]12C[C@H]1[C@@](C)(c1cc(B3OC(C)(C)C(C)(C)O3)ccc1F)N=C(N(COCC[Si](C)(C)C)C(=O)OC(C)(C)C)S2. The van der Waals surface area contributed by atoms with Crippen LogP contribution in [0.5, 0.6) is 0 Å². The molecule has 0 radical (unpaired) electrons. The van der Waals surface area contributed by atoms with Crippen LogP contribution in [0.1, 0.15) is 67.4 Å². The topological polar surface area (TPSA) is 98.7 Å². The van der Waals surface area contributed by atoms with Crippen LogP contribution in [0.15, 0.2) is 23.2 Å². The quantitative estimate of drug-likeness (QED) is 0.226. The zero-order valence-electron chi connectivity index (χ0n) is 28.3. The molecule has 1 N–H and O–H groups in total. The standard InChI is InChI=1S/C31H49BFN3O6SSi/c1-27(2,3)40-26(38)36(19-39-15-16-44(10,11)12)25-35-30(8,23-18-31(23,43-25)24(37)34-9)21-17-20(13-14-22(21)33)32-41-28(4,5)29(6,7)42-32/h13-14,17,23H,15-16,18-19H2,1-12H3,(H,34,37)/t23-,30+,31-/m0/s1. The van der Waals surface area contributed by atoms with Gasteiger partial charge < -0.3 is 24.1 Å². The molecule has 2 amide bonds. The van der Waals surface area contributed by atoms with Gasteiger partial charge in [0.15, 0.2) is 5.17 Å². The number of amidine groups is 1. The molecule has 0 unspecified atom stereocenters. The summed E-state index contributed by atoms with van der Waals surface area (Å²) in [5.41, 5.74) is -2.15. The number of carbonyl (C=O) groups excluding carboxylic acids is 2. The fourth-order valence-electron chi connectivity index (χ4n) is 5.44. The molecule has 44 heavy (non-hydrogen) atoms. The van der Waals surface area contributed by atoms with Gasteiger partial charge in [-0.25, -0.2) is 14.1 Å². The number of carbonyl (C=O) groups is 2.